The molecule has 3 rings (SSSR count). The van der Waals surface area contributed by atoms with E-state index in [1.165, 1.54) is 34.9 Å². The molecule has 0 aliphatic carbocycles. The molecular weight excluding hydrogens is 531 g/mol. The second kappa shape index (κ2) is 11.5. The molecule has 1 aromatic heterocycles. The van der Waals surface area contributed by atoms with E-state index in [-0.39, 0.29) is 21.4 Å². The number of hydrogen-bond donors (Lipinski definition) is 0. The van der Waals surface area contributed by atoms with Crippen molar-refractivity contribution < 1.29 is 39.1 Å². The van der Waals surface area contributed by atoms with Crippen molar-refractivity contribution in [1.82, 2.24) is 0 Å². The van der Waals surface area contributed by atoms with Gasteiger partial charge in [-0.25, -0.2) is 8.42 Å². The zero-order valence-corrected chi connectivity index (χ0v) is 20.2. The van der Waals surface area contributed by atoms with Crippen LogP contribution in [0.25, 0.3) is 0 Å². The van der Waals surface area contributed by atoms with Gasteiger partial charge in [-0.1, -0.05) is 0 Å². The molecule has 0 saturated heterocycles. The van der Waals surface area contributed by atoms with Crippen LogP contribution in [0, 0.1) is 0 Å². The van der Waals surface area contributed by atoms with Crippen molar-refractivity contribution in [3.63, 3.8) is 0 Å². The molecule has 182 valence electrons. The fourth-order valence-corrected chi connectivity index (χ4v) is 5.90. The van der Waals surface area contributed by atoms with Gasteiger partial charge >= 0.3 is 134 Å². The van der Waals surface area contributed by atoms with Crippen LogP contribution < -0.4 is 20.6 Å². The molecular formula is C20H19Cl2F5NO3PS. The number of rotatable bonds is 3. The van der Waals surface area contributed by atoms with Gasteiger partial charge in [-0.15, -0.1) is 23.2 Å². The van der Waals surface area contributed by atoms with Crippen LogP contribution in [0.1, 0.15) is 0 Å². The van der Waals surface area contributed by atoms with Crippen LogP contribution in [0.4, 0.5) is 21.6 Å². The van der Waals surface area contributed by atoms with Gasteiger partial charge in [0.2, 0.25) is 0 Å². The first-order chi connectivity index (χ1) is 15.2. The molecule has 13 heteroatoms. The predicted molar refractivity (Wildman–Crippen MR) is 121 cm³/mol. The summed E-state index contributed by atoms with van der Waals surface area (Å²) in [5.41, 5.74) is -5.58. The number of aromatic nitrogens is 1. The molecule has 0 saturated carbocycles. The minimum Gasteiger partial charge on any atom is -0.741 e. The Morgan fingerprint density at radius 2 is 1.18 bits per heavy atom. The Morgan fingerprint density at radius 3 is 1.48 bits per heavy atom. The van der Waals surface area contributed by atoms with E-state index in [9.17, 15) is 13.2 Å². The summed E-state index contributed by atoms with van der Waals surface area (Å²) in [6.07, 6.45) is 1.67. The Kier molecular flexibility index (Phi) is 10.2. The summed E-state index contributed by atoms with van der Waals surface area (Å²) < 4.78 is 93.2. The van der Waals surface area contributed by atoms with E-state index in [1.54, 1.807) is 61.8 Å². The first-order valence-corrected chi connectivity index (χ1v) is 13.3. The second-order valence-corrected chi connectivity index (χ2v) is 11.7. The van der Waals surface area contributed by atoms with E-state index in [4.69, 9.17) is 36.2 Å². The number of pyridine rings is 1. The molecule has 4 nitrogen and oxygen atoms in total. The van der Waals surface area contributed by atoms with Crippen LogP contribution in [0.5, 0.6) is 0 Å². The number of hydrogen-bond acceptors (Lipinski definition) is 3. The number of alkyl halides is 5. The molecule has 1 heterocycles. The normalized spacial score (nSPS) is 12.8. The van der Waals surface area contributed by atoms with Crippen molar-refractivity contribution in [2.75, 3.05) is 5.34 Å². The van der Waals surface area contributed by atoms with Gasteiger partial charge in [0.25, 0.3) is 0 Å². The molecule has 0 spiro atoms. The minimum absolute atomic E-state index is 0.0610. The van der Waals surface area contributed by atoms with Gasteiger partial charge < -0.3 is 4.55 Å². The third-order valence-corrected chi connectivity index (χ3v) is 8.38. The molecule has 0 bridgehead atoms. The summed E-state index contributed by atoms with van der Waals surface area (Å²) in [5.74, 6) is 0. The van der Waals surface area contributed by atoms with E-state index in [0.29, 0.717) is 0 Å². The van der Waals surface area contributed by atoms with Crippen molar-refractivity contribution in [3.8, 4) is 0 Å². The molecule has 3 aromatic rings. The summed E-state index contributed by atoms with van der Waals surface area (Å²) in [5, 5.41) is 0.364. The van der Waals surface area contributed by atoms with E-state index in [0.717, 1.165) is 0 Å². The summed E-state index contributed by atoms with van der Waals surface area (Å²) in [7, 11) is -9.88. The van der Waals surface area contributed by atoms with Gasteiger partial charge in [0, 0.05) is 0 Å². The van der Waals surface area contributed by atoms with Gasteiger partial charge in [0.1, 0.15) is 0 Å². The Hall–Kier alpha value is -1.84. The largest absolute Gasteiger partial charge is 0.741 e. The number of halogens is 7. The quantitative estimate of drug-likeness (QED) is 0.120. The Morgan fingerprint density at radius 1 is 0.848 bits per heavy atom. The smallest absolute Gasteiger partial charge is 0.485 e. The second-order valence-electron chi connectivity index (χ2n) is 6.25. The standard InChI is InChI=1S/C18H17F2NP.CH2Cl2.CHF3O3S/c1-21-15-9-8-14-18(21)22(19,20,16-10-4-2-5-11-16)17-12-6-3-7-13-17;2-1-3;2-1(3,4)8(5,6)7/h2-15H,1H3;1H2;(H,5,6,7)/q+1;;/p-1. The summed E-state index contributed by atoms with van der Waals surface area (Å²) in [6.45, 7) is 0. The van der Waals surface area contributed by atoms with Gasteiger partial charge in [-0.2, -0.15) is 13.2 Å². The molecule has 33 heavy (non-hydrogen) atoms. The van der Waals surface area contributed by atoms with Crippen LogP contribution >= 0.6 is 30.4 Å². The molecule has 0 aliphatic heterocycles. The monoisotopic (exact) mass is 549 g/mol. The van der Waals surface area contributed by atoms with Gasteiger partial charge in [-0.3, -0.25) is 0 Å². The average Bonchev–Trinajstić information content (AvgIpc) is 2.75. The maximum absolute atomic E-state index is 16.4. The van der Waals surface area contributed by atoms with E-state index in [2.05, 4.69) is 0 Å². The van der Waals surface area contributed by atoms with Crippen LogP contribution in [-0.4, -0.2) is 23.8 Å². The van der Waals surface area contributed by atoms with Gasteiger partial charge in [0.05, 0.1) is 5.34 Å². The molecule has 0 amide bonds. The number of aryl methyl sites for hydroxylation is 1. The van der Waals surface area contributed by atoms with Crippen molar-refractivity contribution in [1.29, 1.82) is 0 Å². The fourth-order valence-electron chi connectivity index (χ4n) is 2.72. The molecule has 2 aromatic carbocycles. The zero-order valence-electron chi connectivity index (χ0n) is 17.0. The van der Waals surface area contributed by atoms with Gasteiger partial charge in [-0.05, 0) is 0 Å². The summed E-state index contributed by atoms with van der Waals surface area (Å²) >= 11 is 9.53. The third-order valence-electron chi connectivity index (χ3n) is 4.13. The number of benzene rings is 2. The Bertz CT molecular complexity index is 1090. The van der Waals surface area contributed by atoms with Crippen molar-refractivity contribution >= 4 is 56.6 Å². The fraction of sp³-hybridized carbons (Fsp3) is 0.150. The van der Waals surface area contributed by atoms with Crippen LogP contribution in [0.15, 0.2) is 85.1 Å². The molecule has 0 unspecified atom stereocenters. The zero-order chi connectivity index (χ0) is 25.4. The maximum atomic E-state index is 16.4. The van der Waals surface area contributed by atoms with Crippen LogP contribution in [-0.2, 0) is 17.2 Å². The molecule has 0 fully saturated rings. The van der Waals surface area contributed by atoms with Gasteiger partial charge in [0.15, 0.2) is 10.1 Å². The molecule has 0 atom stereocenters. The maximum Gasteiger partial charge on any atom is 0.485 e. The molecule has 0 radical (unpaired) electrons. The average molecular weight is 550 g/mol. The van der Waals surface area contributed by atoms with Crippen molar-refractivity contribution in [2.45, 2.75) is 5.51 Å². The Labute approximate surface area is 198 Å². The first-order valence-electron chi connectivity index (χ1n) is 8.85. The number of nitrogens with zero attached hydrogens (tertiary/aromatic N) is 1. The summed E-state index contributed by atoms with van der Waals surface area (Å²) in [4.78, 5) is 0. The van der Waals surface area contributed by atoms with Crippen molar-refractivity contribution in [2.24, 2.45) is 7.05 Å². The molecule has 0 aliphatic rings. The van der Waals surface area contributed by atoms with E-state index < -0.39 is 22.9 Å². The Balaban J connectivity index is 0.000000417. The minimum atomic E-state index is -6.09. The summed E-state index contributed by atoms with van der Waals surface area (Å²) in [6, 6.07) is 21.3. The predicted octanol–water partition coefficient (Wildman–Crippen LogP) is 4.58. The SMILES string of the molecule is C[n+]1ccccc1P(F)(F)(c1ccccc1)c1ccccc1.ClCCl.O=S(=O)([O-])C(F)(F)F. The van der Waals surface area contributed by atoms with Crippen LogP contribution in [0.3, 0.4) is 0 Å². The molecule has 0 N–H and O–H groups in total. The van der Waals surface area contributed by atoms with Crippen LogP contribution in [0.2, 0.25) is 0 Å². The van der Waals surface area contributed by atoms with Crippen molar-refractivity contribution in [3.05, 3.63) is 85.1 Å². The first kappa shape index (κ1) is 29.2. The topological polar surface area (TPSA) is 61.1 Å². The van der Waals surface area contributed by atoms with E-state index >= 15 is 8.39 Å². The van der Waals surface area contributed by atoms with E-state index in [1.807, 2.05) is 0 Å². The third kappa shape index (κ3) is 7.07.